The van der Waals surface area contributed by atoms with E-state index in [4.69, 9.17) is 10.5 Å². The number of para-hydroxylation sites is 1. The summed E-state index contributed by atoms with van der Waals surface area (Å²) in [4.78, 5) is 14.6. The Labute approximate surface area is 168 Å². The van der Waals surface area contributed by atoms with Gasteiger partial charge in [-0.3, -0.25) is 4.79 Å². The monoisotopic (exact) mass is 388 g/mol. The fraction of sp³-hybridized carbons (Fsp3) is 0.409. The van der Waals surface area contributed by atoms with E-state index in [9.17, 15) is 4.79 Å². The molecule has 0 atom stereocenters. The summed E-state index contributed by atoms with van der Waals surface area (Å²) >= 11 is 0. The second-order valence-electron chi connectivity index (χ2n) is 6.94. The molecule has 1 fully saturated rings. The summed E-state index contributed by atoms with van der Waals surface area (Å²) in [5.41, 5.74) is 8.48. The van der Waals surface area contributed by atoms with Crippen molar-refractivity contribution in [1.82, 2.24) is 4.90 Å². The van der Waals surface area contributed by atoms with Crippen LogP contribution in [-0.4, -0.2) is 30.5 Å². The number of hydrogen-bond acceptors (Lipinski definition) is 3. The number of anilines is 1. The molecular formula is C22H29ClN2O2. The number of halogens is 1. The molecule has 5 heteroatoms. The number of likely N-dealkylation sites (tertiary alicyclic amines) is 1. The van der Waals surface area contributed by atoms with E-state index in [1.807, 2.05) is 42.2 Å². The summed E-state index contributed by atoms with van der Waals surface area (Å²) in [5.74, 6) is 1.68. The number of rotatable bonds is 6. The zero-order valence-corrected chi connectivity index (χ0v) is 16.7. The molecule has 1 heterocycles. The van der Waals surface area contributed by atoms with Crippen molar-refractivity contribution in [1.29, 1.82) is 0 Å². The Balaban J connectivity index is 0.00000261. The van der Waals surface area contributed by atoms with E-state index in [1.165, 1.54) is 12.0 Å². The highest BCUT2D eigenvalue weighted by atomic mass is 35.5. The lowest BCUT2D eigenvalue weighted by molar-refractivity contribution is 0.0688. The molecule has 0 bridgehead atoms. The van der Waals surface area contributed by atoms with Gasteiger partial charge in [-0.1, -0.05) is 24.3 Å². The van der Waals surface area contributed by atoms with Gasteiger partial charge in [-0.05, 0) is 68.4 Å². The first kappa shape index (κ1) is 21.1. The SMILES string of the molecule is CCOc1ccc(CCC2CCN(C(=O)c3ccccc3N)CC2)cc1.Cl. The van der Waals surface area contributed by atoms with E-state index in [-0.39, 0.29) is 18.3 Å². The minimum atomic E-state index is 0. The number of carbonyl (C=O) groups is 1. The van der Waals surface area contributed by atoms with Crippen LogP contribution in [0.25, 0.3) is 0 Å². The van der Waals surface area contributed by atoms with Crippen molar-refractivity contribution in [3.05, 3.63) is 59.7 Å². The predicted octanol–water partition coefficient (Wildman–Crippen LogP) is 4.57. The summed E-state index contributed by atoms with van der Waals surface area (Å²) < 4.78 is 5.49. The standard InChI is InChI=1S/C22H28N2O2.ClH/c1-2-26-19-11-9-17(10-12-19)7-8-18-13-15-24(16-14-18)22(25)20-5-3-4-6-21(20)23;/h3-6,9-12,18H,2,7-8,13-16,23H2,1H3;1H. The van der Waals surface area contributed by atoms with Crippen molar-refractivity contribution < 1.29 is 9.53 Å². The van der Waals surface area contributed by atoms with Crippen LogP contribution < -0.4 is 10.5 Å². The van der Waals surface area contributed by atoms with Crippen LogP contribution in [0.2, 0.25) is 0 Å². The number of amides is 1. The molecule has 0 aliphatic carbocycles. The highest BCUT2D eigenvalue weighted by Gasteiger charge is 2.24. The number of nitrogens with two attached hydrogens (primary N) is 1. The van der Waals surface area contributed by atoms with Gasteiger partial charge in [0, 0.05) is 18.8 Å². The number of carbonyl (C=O) groups excluding carboxylic acids is 1. The summed E-state index contributed by atoms with van der Waals surface area (Å²) in [5, 5.41) is 0. The molecular weight excluding hydrogens is 360 g/mol. The minimum absolute atomic E-state index is 0. The number of benzene rings is 2. The van der Waals surface area contributed by atoms with E-state index >= 15 is 0 Å². The lowest BCUT2D eigenvalue weighted by atomic mass is 9.90. The number of nitrogen functional groups attached to an aromatic ring is 1. The fourth-order valence-corrected chi connectivity index (χ4v) is 3.58. The van der Waals surface area contributed by atoms with Crippen molar-refractivity contribution in [2.45, 2.75) is 32.6 Å². The highest BCUT2D eigenvalue weighted by molar-refractivity contribution is 5.99. The third kappa shape index (κ3) is 5.64. The first-order chi connectivity index (χ1) is 12.7. The van der Waals surface area contributed by atoms with Gasteiger partial charge >= 0.3 is 0 Å². The Hall–Kier alpha value is -2.20. The van der Waals surface area contributed by atoms with Gasteiger partial charge in [-0.2, -0.15) is 0 Å². The molecule has 2 aromatic carbocycles. The van der Waals surface area contributed by atoms with Crippen LogP contribution in [0.4, 0.5) is 5.69 Å². The van der Waals surface area contributed by atoms with Crippen LogP contribution in [0.15, 0.2) is 48.5 Å². The third-order valence-corrected chi connectivity index (χ3v) is 5.17. The van der Waals surface area contributed by atoms with Crippen molar-refractivity contribution in [2.75, 3.05) is 25.4 Å². The van der Waals surface area contributed by atoms with Crippen LogP contribution in [0.3, 0.4) is 0 Å². The van der Waals surface area contributed by atoms with Gasteiger partial charge < -0.3 is 15.4 Å². The summed E-state index contributed by atoms with van der Waals surface area (Å²) in [6, 6.07) is 15.7. The van der Waals surface area contributed by atoms with Gasteiger partial charge in [0.05, 0.1) is 12.2 Å². The van der Waals surface area contributed by atoms with Crippen LogP contribution in [-0.2, 0) is 6.42 Å². The largest absolute Gasteiger partial charge is 0.494 e. The maximum atomic E-state index is 12.6. The molecule has 0 radical (unpaired) electrons. The Bertz CT molecular complexity index is 725. The molecule has 0 saturated carbocycles. The van der Waals surface area contributed by atoms with Gasteiger partial charge in [0.1, 0.15) is 5.75 Å². The molecule has 4 nitrogen and oxygen atoms in total. The number of hydrogen-bond donors (Lipinski definition) is 1. The molecule has 27 heavy (non-hydrogen) atoms. The van der Waals surface area contributed by atoms with Crippen LogP contribution in [0.5, 0.6) is 5.75 Å². The zero-order chi connectivity index (χ0) is 18.4. The second-order valence-corrected chi connectivity index (χ2v) is 6.94. The van der Waals surface area contributed by atoms with Crippen molar-refractivity contribution in [3.8, 4) is 5.75 Å². The van der Waals surface area contributed by atoms with E-state index in [1.54, 1.807) is 6.07 Å². The van der Waals surface area contributed by atoms with Crippen molar-refractivity contribution in [2.24, 2.45) is 5.92 Å². The van der Waals surface area contributed by atoms with Gasteiger partial charge in [0.2, 0.25) is 0 Å². The average molecular weight is 389 g/mol. The number of nitrogens with zero attached hydrogens (tertiary/aromatic N) is 1. The lowest BCUT2D eigenvalue weighted by Crippen LogP contribution is -2.38. The molecule has 1 aliphatic heterocycles. The summed E-state index contributed by atoms with van der Waals surface area (Å²) in [6.07, 6.45) is 4.38. The van der Waals surface area contributed by atoms with Crippen LogP contribution in [0.1, 0.15) is 42.1 Å². The first-order valence-electron chi connectivity index (χ1n) is 9.53. The summed E-state index contributed by atoms with van der Waals surface area (Å²) in [7, 11) is 0. The van der Waals surface area contributed by atoms with Crippen LogP contribution >= 0.6 is 12.4 Å². The molecule has 1 aliphatic rings. The van der Waals surface area contributed by atoms with Gasteiger partial charge in [-0.25, -0.2) is 0 Å². The molecule has 0 aromatic heterocycles. The summed E-state index contributed by atoms with van der Waals surface area (Å²) in [6.45, 7) is 4.34. The van der Waals surface area contributed by atoms with Crippen LogP contribution in [0, 0.1) is 5.92 Å². The van der Waals surface area contributed by atoms with Crippen molar-refractivity contribution in [3.63, 3.8) is 0 Å². The van der Waals surface area contributed by atoms with Crippen molar-refractivity contribution >= 4 is 24.0 Å². The molecule has 0 unspecified atom stereocenters. The molecule has 3 rings (SSSR count). The maximum Gasteiger partial charge on any atom is 0.255 e. The van der Waals surface area contributed by atoms with Gasteiger partial charge in [-0.15, -0.1) is 12.4 Å². The molecule has 146 valence electrons. The Morgan fingerprint density at radius 3 is 2.41 bits per heavy atom. The highest BCUT2D eigenvalue weighted by Crippen LogP contribution is 2.25. The van der Waals surface area contributed by atoms with E-state index in [0.29, 0.717) is 23.8 Å². The topological polar surface area (TPSA) is 55.6 Å². The number of aryl methyl sites for hydroxylation is 1. The quantitative estimate of drug-likeness (QED) is 0.737. The van der Waals surface area contributed by atoms with E-state index in [2.05, 4.69) is 12.1 Å². The molecule has 2 N–H and O–H groups in total. The maximum absolute atomic E-state index is 12.6. The smallest absolute Gasteiger partial charge is 0.255 e. The zero-order valence-electron chi connectivity index (χ0n) is 15.9. The molecule has 1 amide bonds. The number of ether oxygens (including phenoxy) is 1. The average Bonchev–Trinajstić information content (AvgIpc) is 2.68. The molecule has 2 aromatic rings. The molecule has 0 spiro atoms. The Kier molecular flexibility index (Phi) is 7.99. The predicted molar refractivity (Wildman–Crippen MR) is 113 cm³/mol. The third-order valence-electron chi connectivity index (χ3n) is 5.17. The minimum Gasteiger partial charge on any atom is -0.494 e. The first-order valence-corrected chi connectivity index (χ1v) is 9.53. The Morgan fingerprint density at radius 1 is 1.11 bits per heavy atom. The molecule has 1 saturated heterocycles. The fourth-order valence-electron chi connectivity index (χ4n) is 3.58. The second kappa shape index (κ2) is 10.2. The lowest BCUT2D eigenvalue weighted by Gasteiger charge is -2.32. The Morgan fingerprint density at radius 2 is 1.78 bits per heavy atom. The van der Waals surface area contributed by atoms with Gasteiger partial charge in [0.15, 0.2) is 0 Å². The normalized spacial score (nSPS) is 14.5. The van der Waals surface area contributed by atoms with E-state index < -0.39 is 0 Å². The number of piperidine rings is 1. The van der Waals surface area contributed by atoms with E-state index in [0.717, 1.165) is 38.1 Å². The van der Waals surface area contributed by atoms with Gasteiger partial charge in [0.25, 0.3) is 5.91 Å².